The zero-order valence-corrected chi connectivity index (χ0v) is 12.8. The predicted octanol–water partition coefficient (Wildman–Crippen LogP) is 3.57. The third-order valence-corrected chi connectivity index (χ3v) is 5.22. The first-order valence-electron chi connectivity index (χ1n) is 7.28. The second kappa shape index (κ2) is 5.94. The molecule has 1 aromatic heterocycles. The largest absolute Gasteiger partial charge is 0.384 e. The van der Waals surface area contributed by atoms with E-state index in [9.17, 15) is 0 Å². The fraction of sp³-hybridized carbons (Fsp3) is 0.438. The third-order valence-electron chi connectivity index (χ3n) is 3.90. The summed E-state index contributed by atoms with van der Waals surface area (Å²) in [4.78, 5) is 5.88. The maximum absolute atomic E-state index is 4.52. The molecule has 3 nitrogen and oxygen atoms in total. The lowest BCUT2D eigenvalue weighted by Gasteiger charge is -2.15. The van der Waals surface area contributed by atoms with Crippen molar-refractivity contribution in [2.24, 2.45) is 0 Å². The van der Waals surface area contributed by atoms with Gasteiger partial charge in [-0.1, -0.05) is 25.1 Å². The number of anilines is 1. The summed E-state index contributed by atoms with van der Waals surface area (Å²) >= 11 is 1.82. The highest BCUT2D eigenvalue weighted by atomic mass is 32.1. The number of aromatic nitrogens is 1. The van der Waals surface area contributed by atoms with Crippen molar-refractivity contribution >= 4 is 17.0 Å². The Morgan fingerprint density at radius 3 is 3.10 bits per heavy atom. The van der Waals surface area contributed by atoms with Gasteiger partial charge in [0, 0.05) is 35.8 Å². The van der Waals surface area contributed by atoms with Crippen molar-refractivity contribution in [1.82, 2.24) is 10.3 Å². The fourth-order valence-electron chi connectivity index (χ4n) is 2.63. The molecule has 2 N–H and O–H groups in total. The molecule has 0 aliphatic carbocycles. The molecule has 0 saturated heterocycles. The van der Waals surface area contributed by atoms with Gasteiger partial charge in [-0.2, -0.15) is 0 Å². The molecule has 0 saturated carbocycles. The van der Waals surface area contributed by atoms with Crippen LogP contribution in [0.3, 0.4) is 0 Å². The number of para-hydroxylation sites is 1. The molecule has 2 atom stereocenters. The van der Waals surface area contributed by atoms with Crippen LogP contribution in [0.5, 0.6) is 0 Å². The fourth-order valence-corrected chi connectivity index (χ4v) is 3.52. The molecule has 2 aromatic rings. The van der Waals surface area contributed by atoms with Crippen molar-refractivity contribution in [3.63, 3.8) is 0 Å². The standard InChI is InChI=1S/C16H21N3S/c1-3-13-10-19-16(20-13)11(2)17-8-12-9-18-15-7-5-4-6-14(12)15/h4-7,10-12,17-18H,3,8-9H2,1-2H3. The Labute approximate surface area is 124 Å². The van der Waals surface area contributed by atoms with Crippen molar-refractivity contribution in [3.8, 4) is 0 Å². The summed E-state index contributed by atoms with van der Waals surface area (Å²) in [5.74, 6) is 0.555. The van der Waals surface area contributed by atoms with Crippen LogP contribution in [0.1, 0.15) is 41.3 Å². The lowest BCUT2D eigenvalue weighted by molar-refractivity contribution is 0.534. The van der Waals surface area contributed by atoms with E-state index in [2.05, 4.69) is 53.7 Å². The molecule has 0 radical (unpaired) electrons. The molecular weight excluding hydrogens is 266 g/mol. The Morgan fingerprint density at radius 2 is 2.30 bits per heavy atom. The van der Waals surface area contributed by atoms with E-state index < -0.39 is 0 Å². The highest BCUT2D eigenvalue weighted by Gasteiger charge is 2.22. The van der Waals surface area contributed by atoms with Crippen LogP contribution in [-0.4, -0.2) is 18.1 Å². The molecule has 1 aliphatic heterocycles. The molecule has 1 aromatic carbocycles. The topological polar surface area (TPSA) is 37.0 Å². The van der Waals surface area contributed by atoms with Gasteiger partial charge >= 0.3 is 0 Å². The van der Waals surface area contributed by atoms with Gasteiger partial charge in [-0.15, -0.1) is 11.3 Å². The van der Waals surface area contributed by atoms with Gasteiger partial charge < -0.3 is 10.6 Å². The van der Waals surface area contributed by atoms with Gasteiger partial charge in [0.05, 0.1) is 6.04 Å². The lowest BCUT2D eigenvalue weighted by atomic mass is 10.0. The Kier molecular flexibility index (Phi) is 4.03. The number of hydrogen-bond acceptors (Lipinski definition) is 4. The molecule has 3 rings (SSSR count). The summed E-state index contributed by atoms with van der Waals surface area (Å²) in [7, 11) is 0. The number of nitrogens with zero attached hydrogens (tertiary/aromatic N) is 1. The van der Waals surface area contributed by atoms with Crippen molar-refractivity contribution in [1.29, 1.82) is 0 Å². The summed E-state index contributed by atoms with van der Waals surface area (Å²) in [6.07, 6.45) is 3.08. The van der Waals surface area contributed by atoms with Gasteiger partial charge in [0.2, 0.25) is 0 Å². The van der Waals surface area contributed by atoms with E-state index >= 15 is 0 Å². The average Bonchev–Trinajstić information content (AvgIpc) is 3.11. The van der Waals surface area contributed by atoms with E-state index in [1.54, 1.807) is 0 Å². The summed E-state index contributed by atoms with van der Waals surface area (Å²) in [6, 6.07) is 8.92. The van der Waals surface area contributed by atoms with Crippen molar-refractivity contribution < 1.29 is 0 Å². The van der Waals surface area contributed by atoms with Gasteiger partial charge in [-0.05, 0) is 25.0 Å². The van der Waals surface area contributed by atoms with Gasteiger partial charge in [-0.25, -0.2) is 4.98 Å². The number of nitrogens with one attached hydrogen (secondary N) is 2. The molecule has 20 heavy (non-hydrogen) atoms. The molecule has 4 heteroatoms. The second-order valence-electron chi connectivity index (χ2n) is 5.31. The number of thiazole rings is 1. The van der Waals surface area contributed by atoms with E-state index in [0.717, 1.165) is 19.5 Å². The minimum Gasteiger partial charge on any atom is -0.384 e. The Hall–Kier alpha value is -1.39. The first-order chi connectivity index (χ1) is 9.78. The van der Waals surface area contributed by atoms with Gasteiger partial charge in [0.15, 0.2) is 0 Å². The van der Waals surface area contributed by atoms with Crippen LogP contribution in [-0.2, 0) is 6.42 Å². The summed E-state index contributed by atoms with van der Waals surface area (Å²) in [6.45, 7) is 6.40. The summed E-state index contributed by atoms with van der Waals surface area (Å²) in [5.41, 5.74) is 2.72. The predicted molar refractivity (Wildman–Crippen MR) is 85.6 cm³/mol. The zero-order chi connectivity index (χ0) is 13.9. The molecule has 0 spiro atoms. The van der Waals surface area contributed by atoms with Crippen LogP contribution < -0.4 is 10.6 Å². The average molecular weight is 287 g/mol. The highest BCUT2D eigenvalue weighted by molar-refractivity contribution is 7.11. The number of aryl methyl sites for hydroxylation is 1. The smallest absolute Gasteiger partial charge is 0.109 e. The molecule has 1 aliphatic rings. The molecule has 2 unspecified atom stereocenters. The van der Waals surface area contributed by atoms with Crippen LogP contribution in [0.15, 0.2) is 30.5 Å². The molecule has 106 valence electrons. The Morgan fingerprint density at radius 1 is 1.45 bits per heavy atom. The normalized spacial score (nSPS) is 18.6. The van der Waals surface area contributed by atoms with Gasteiger partial charge in [0.25, 0.3) is 0 Å². The molecular formula is C16H21N3S. The first kappa shape index (κ1) is 13.6. The SMILES string of the molecule is CCc1cnc(C(C)NCC2CNc3ccccc32)s1. The van der Waals surface area contributed by atoms with E-state index in [1.165, 1.54) is 21.1 Å². The zero-order valence-electron chi connectivity index (χ0n) is 12.0. The van der Waals surface area contributed by atoms with E-state index in [4.69, 9.17) is 0 Å². The molecule has 2 heterocycles. The minimum absolute atomic E-state index is 0.327. The van der Waals surface area contributed by atoms with Gasteiger partial charge in [0.1, 0.15) is 5.01 Å². The lowest BCUT2D eigenvalue weighted by Crippen LogP contribution is -2.25. The molecule has 0 bridgehead atoms. The van der Waals surface area contributed by atoms with E-state index in [-0.39, 0.29) is 0 Å². The Balaban J connectivity index is 1.60. The van der Waals surface area contributed by atoms with Crippen LogP contribution in [0.4, 0.5) is 5.69 Å². The maximum Gasteiger partial charge on any atom is 0.109 e. The number of rotatable bonds is 5. The van der Waals surface area contributed by atoms with E-state index in [1.807, 2.05) is 17.5 Å². The van der Waals surface area contributed by atoms with Crippen LogP contribution in [0.2, 0.25) is 0 Å². The summed E-state index contributed by atoms with van der Waals surface area (Å²) < 4.78 is 0. The van der Waals surface area contributed by atoms with Crippen molar-refractivity contribution in [3.05, 3.63) is 45.9 Å². The van der Waals surface area contributed by atoms with Crippen LogP contribution in [0, 0.1) is 0 Å². The maximum atomic E-state index is 4.52. The quantitative estimate of drug-likeness (QED) is 0.883. The summed E-state index contributed by atoms with van der Waals surface area (Å²) in [5, 5.41) is 8.30. The Bertz CT molecular complexity index is 579. The van der Waals surface area contributed by atoms with Gasteiger partial charge in [-0.3, -0.25) is 0 Å². The third kappa shape index (κ3) is 2.72. The second-order valence-corrected chi connectivity index (χ2v) is 6.46. The van der Waals surface area contributed by atoms with Crippen molar-refractivity contribution in [2.75, 3.05) is 18.4 Å². The number of benzene rings is 1. The van der Waals surface area contributed by atoms with Crippen LogP contribution >= 0.6 is 11.3 Å². The number of hydrogen-bond donors (Lipinski definition) is 2. The minimum atomic E-state index is 0.327. The first-order valence-corrected chi connectivity index (χ1v) is 8.10. The molecule has 0 fully saturated rings. The monoisotopic (exact) mass is 287 g/mol. The van der Waals surface area contributed by atoms with E-state index in [0.29, 0.717) is 12.0 Å². The highest BCUT2D eigenvalue weighted by Crippen LogP contribution is 2.31. The van der Waals surface area contributed by atoms with Crippen molar-refractivity contribution in [2.45, 2.75) is 32.2 Å². The number of fused-ring (bicyclic) bond motifs is 1. The van der Waals surface area contributed by atoms with Crippen LogP contribution in [0.25, 0.3) is 0 Å². The molecule has 0 amide bonds.